The number of carbonyl (C=O) groups is 1. The Morgan fingerprint density at radius 3 is 2.79 bits per heavy atom. The normalized spacial score (nSPS) is 10.7. The van der Waals surface area contributed by atoms with E-state index in [1.807, 2.05) is 13.0 Å². The van der Waals surface area contributed by atoms with Crippen LogP contribution in [-0.4, -0.2) is 10.9 Å². The molecule has 14 heavy (non-hydrogen) atoms. The van der Waals surface area contributed by atoms with Crippen LogP contribution in [0.2, 0.25) is 0 Å². The summed E-state index contributed by atoms with van der Waals surface area (Å²) >= 11 is 0. The highest BCUT2D eigenvalue weighted by Crippen LogP contribution is 2.24. The number of hydrogen-bond acceptors (Lipinski definition) is 2. The van der Waals surface area contributed by atoms with E-state index in [-0.39, 0.29) is 11.5 Å². The fourth-order valence-corrected chi connectivity index (χ4v) is 1.29. The second-order valence-corrected chi connectivity index (χ2v) is 3.02. The molecule has 0 aliphatic carbocycles. The van der Waals surface area contributed by atoms with E-state index in [4.69, 9.17) is 0 Å². The summed E-state index contributed by atoms with van der Waals surface area (Å²) in [6.45, 7) is 3.65. The quantitative estimate of drug-likeness (QED) is 0.744. The van der Waals surface area contributed by atoms with Crippen molar-refractivity contribution in [2.45, 2.75) is 20.3 Å². The number of hydrogen-bond donors (Lipinski definition) is 1. The Morgan fingerprint density at radius 1 is 1.50 bits per heavy atom. The summed E-state index contributed by atoms with van der Waals surface area (Å²) in [6.07, 6.45) is 4.02. The van der Waals surface area contributed by atoms with Gasteiger partial charge in [0.2, 0.25) is 0 Å². The third-order valence-electron chi connectivity index (χ3n) is 2.03. The standard InChI is InChI=1S/C12H14O2/c1-3-6-9-7-5-8-10(12(9)14)11(13)4-2/h3,5-8,14H,4H2,1-2H3/b6-3+. The predicted octanol–water partition coefficient (Wildman–Crippen LogP) is 3.02. The van der Waals surface area contributed by atoms with E-state index in [1.54, 1.807) is 31.2 Å². The number of allylic oxidation sites excluding steroid dienone is 1. The Labute approximate surface area is 83.9 Å². The molecule has 0 saturated carbocycles. The Balaban J connectivity index is 3.20. The first-order valence-electron chi connectivity index (χ1n) is 4.68. The zero-order chi connectivity index (χ0) is 10.6. The lowest BCUT2D eigenvalue weighted by Gasteiger charge is -2.04. The lowest BCUT2D eigenvalue weighted by atomic mass is 10.0. The average molecular weight is 190 g/mol. The molecule has 0 atom stereocenters. The molecule has 0 aromatic heterocycles. The summed E-state index contributed by atoms with van der Waals surface area (Å²) in [7, 11) is 0. The third-order valence-corrected chi connectivity index (χ3v) is 2.03. The summed E-state index contributed by atoms with van der Waals surface area (Å²) in [5.74, 6) is 0.0475. The summed E-state index contributed by atoms with van der Waals surface area (Å²) in [5.41, 5.74) is 1.09. The van der Waals surface area contributed by atoms with Gasteiger partial charge in [-0.3, -0.25) is 4.79 Å². The van der Waals surface area contributed by atoms with Gasteiger partial charge in [-0.15, -0.1) is 0 Å². The Bertz CT molecular complexity index is 365. The van der Waals surface area contributed by atoms with Crippen LogP contribution in [0.15, 0.2) is 24.3 Å². The molecule has 1 N–H and O–H groups in total. The fourth-order valence-electron chi connectivity index (χ4n) is 1.29. The van der Waals surface area contributed by atoms with Gasteiger partial charge in [0.1, 0.15) is 5.75 Å². The third kappa shape index (κ3) is 2.02. The lowest BCUT2D eigenvalue weighted by molar-refractivity contribution is 0.0985. The molecule has 0 bridgehead atoms. The van der Waals surface area contributed by atoms with E-state index < -0.39 is 0 Å². The maximum absolute atomic E-state index is 11.4. The van der Waals surface area contributed by atoms with E-state index >= 15 is 0 Å². The van der Waals surface area contributed by atoms with Crippen molar-refractivity contribution in [2.24, 2.45) is 0 Å². The smallest absolute Gasteiger partial charge is 0.166 e. The van der Waals surface area contributed by atoms with E-state index in [1.165, 1.54) is 0 Å². The van der Waals surface area contributed by atoms with Crippen LogP contribution in [0.1, 0.15) is 36.2 Å². The topological polar surface area (TPSA) is 37.3 Å². The highest BCUT2D eigenvalue weighted by Gasteiger charge is 2.10. The predicted molar refractivity (Wildman–Crippen MR) is 57.4 cm³/mol. The molecule has 0 saturated heterocycles. The first-order valence-corrected chi connectivity index (χ1v) is 4.68. The van der Waals surface area contributed by atoms with Gasteiger partial charge in [-0.05, 0) is 13.0 Å². The van der Waals surface area contributed by atoms with Gasteiger partial charge < -0.3 is 5.11 Å². The van der Waals surface area contributed by atoms with Crippen LogP contribution < -0.4 is 0 Å². The number of aromatic hydroxyl groups is 1. The second kappa shape index (κ2) is 4.61. The number of phenolic OH excluding ortho intramolecular Hbond substituents is 1. The van der Waals surface area contributed by atoms with Crippen LogP contribution in [0.3, 0.4) is 0 Å². The van der Waals surface area contributed by atoms with Gasteiger partial charge in [-0.2, -0.15) is 0 Å². The highest BCUT2D eigenvalue weighted by atomic mass is 16.3. The first kappa shape index (κ1) is 10.5. The van der Waals surface area contributed by atoms with Crippen molar-refractivity contribution >= 4 is 11.9 Å². The highest BCUT2D eigenvalue weighted by molar-refractivity contribution is 5.99. The molecule has 2 nitrogen and oxygen atoms in total. The van der Waals surface area contributed by atoms with Gasteiger partial charge in [-0.25, -0.2) is 0 Å². The number of ketones is 1. The van der Waals surface area contributed by atoms with Gasteiger partial charge in [0.05, 0.1) is 5.56 Å². The number of Topliss-reactive ketones (excluding diaryl/α,β-unsaturated/α-hetero) is 1. The first-order chi connectivity index (χ1) is 6.70. The molecule has 0 radical (unpaired) electrons. The molecule has 1 aromatic carbocycles. The van der Waals surface area contributed by atoms with Crippen molar-refractivity contribution in [1.82, 2.24) is 0 Å². The van der Waals surface area contributed by atoms with Crippen LogP contribution in [0, 0.1) is 0 Å². The molecule has 0 aliphatic heterocycles. The maximum atomic E-state index is 11.4. The molecule has 1 rings (SSSR count). The van der Waals surface area contributed by atoms with E-state index in [0.717, 1.165) is 0 Å². The summed E-state index contributed by atoms with van der Waals surface area (Å²) in [4.78, 5) is 11.4. The molecule has 0 heterocycles. The Hall–Kier alpha value is -1.57. The number of rotatable bonds is 3. The van der Waals surface area contributed by atoms with E-state index in [2.05, 4.69) is 0 Å². The minimum Gasteiger partial charge on any atom is -0.507 e. The molecule has 0 amide bonds. The van der Waals surface area contributed by atoms with Gasteiger partial charge in [-0.1, -0.05) is 31.2 Å². The van der Waals surface area contributed by atoms with Crippen molar-refractivity contribution in [1.29, 1.82) is 0 Å². The largest absolute Gasteiger partial charge is 0.507 e. The monoisotopic (exact) mass is 190 g/mol. The van der Waals surface area contributed by atoms with Crippen LogP contribution in [-0.2, 0) is 0 Å². The Kier molecular flexibility index (Phi) is 3.46. The molecule has 2 heteroatoms. The van der Waals surface area contributed by atoms with Crippen molar-refractivity contribution in [3.63, 3.8) is 0 Å². The summed E-state index contributed by atoms with van der Waals surface area (Å²) in [6, 6.07) is 5.20. The lowest BCUT2D eigenvalue weighted by Crippen LogP contribution is -1.97. The second-order valence-electron chi connectivity index (χ2n) is 3.02. The minimum atomic E-state index is -0.0335. The minimum absolute atomic E-state index is 0.0335. The molecule has 1 aromatic rings. The zero-order valence-electron chi connectivity index (χ0n) is 8.45. The number of carbonyl (C=O) groups excluding carboxylic acids is 1. The van der Waals surface area contributed by atoms with Crippen LogP contribution in [0.5, 0.6) is 5.75 Å². The van der Waals surface area contributed by atoms with Gasteiger partial charge >= 0.3 is 0 Å². The van der Waals surface area contributed by atoms with Gasteiger partial charge in [0.25, 0.3) is 0 Å². The van der Waals surface area contributed by atoms with Crippen LogP contribution in [0.25, 0.3) is 6.08 Å². The van der Waals surface area contributed by atoms with Crippen molar-refractivity contribution in [3.05, 3.63) is 35.4 Å². The molecular formula is C12H14O2. The van der Waals surface area contributed by atoms with Crippen LogP contribution in [0.4, 0.5) is 0 Å². The van der Waals surface area contributed by atoms with Gasteiger partial charge in [0.15, 0.2) is 5.78 Å². The molecule has 74 valence electrons. The number of para-hydroxylation sites is 1. The molecule has 0 spiro atoms. The van der Waals surface area contributed by atoms with Crippen molar-refractivity contribution in [3.8, 4) is 5.75 Å². The average Bonchev–Trinajstić information content (AvgIpc) is 2.20. The molecule has 0 fully saturated rings. The van der Waals surface area contributed by atoms with E-state index in [0.29, 0.717) is 17.5 Å². The van der Waals surface area contributed by atoms with Crippen LogP contribution >= 0.6 is 0 Å². The zero-order valence-corrected chi connectivity index (χ0v) is 8.45. The van der Waals surface area contributed by atoms with Crippen molar-refractivity contribution < 1.29 is 9.90 Å². The van der Waals surface area contributed by atoms with Gasteiger partial charge in [0, 0.05) is 12.0 Å². The SMILES string of the molecule is C/C=C/c1cccc(C(=O)CC)c1O. The summed E-state index contributed by atoms with van der Waals surface area (Å²) in [5, 5.41) is 9.75. The molecule has 0 unspecified atom stereocenters. The molecule has 0 aliphatic rings. The number of phenols is 1. The maximum Gasteiger partial charge on any atom is 0.166 e. The van der Waals surface area contributed by atoms with Crippen molar-refractivity contribution in [2.75, 3.05) is 0 Å². The Morgan fingerprint density at radius 2 is 2.21 bits per heavy atom. The summed E-state index contributed by atoms with van der Waals surface area (Å²) < 4.78 is 0. The number of benzene rings is 1. The molecular weight excluding hydrogens is 176 g/mol. The fraction of sp³-hybridized carbons (Fsp3) is 0.250. The van der Waals surface area contributed by atoms with E-state index in [9.17, 15) is 9.90 Å².